The van der Waals surface area contributed by atoms with Crippen molar-refractivity contribution < 1.29 is 14.6 Å². The van der Waals surface area contributed by atoms with Crippen LogP contribution in [0.15, 0.2) is 30.3 Å². The Bertz CT molecular complexity index is 676. The largest absolute Gasteiger partial charge is 0.506 e. The Morgan fingerprint density at radius 3 is 2.76 bits per heavy atom. The van der Waals surface area contributed by atoms with Crippen LogP contribution < -0.4 is 14.8 Å². The van der Waals surface area contributed by atoms with Crippen LogP contribution in [0.2, 0.25) is 10.0 Å². The standard InChI is InChI=1S/C15H13Cl2NO3/c16-11-4-10(14(19)12(17)5-11)7-18-6-9-2-1-3-13-15(9)21-8-20-13/h1-5,18-19H,6-8H2. The maximum absolute atomic E-state index is 9.90. The van der Waals surface area contributed by atoms with Crippen LogP contribution in [0.1, 0.15) is 11.1 Å². The van der Waals surface area contributed by atoms with Crippen molar-refractivity contribution in [2.24, 2.45) is 0 Å². The van der Waals surface area contributed by atoms with Crippen LogP contribution in [-0.4, -0.2) is 11.9 Å². The molecule has 21 heavy (non-hydrogen) atoms. The van der Waals surface area contributed by atoms with Gasteiger partial charge < -0.3 is 19.9 Å². The lowest BCUT2D eigenvalue weighted by Crippen LogP contribution is -2.13. The summed E-state index contributed by atoms with van der Waals surface area (Å²) < 4.78 is 10.8. The smallest absolute Gasteiger partial charge is 0.231 e. The van der Waals surface area contributed by atoms with Gasteiger partial charge in [-0.25, -0.2) is 0 Å². The topological polar surface area (TPSA) is 50.7 Å². The summed E-state index contributed by atoms with van der Waals surface area (Å²) >= 11 is 11.8. The number of hydrogen-bond donors (Lipinski definition) is 2. The molecule has 0 amide bonds. The Hall–Kier alpha value is -1.62. The molecular formula is C15H13Cl2NO3. The summed E-state index contributed by atoms with van der Waals surface area (Å²) in [7, 11) is 0. The zero-order chi connectivity index (χ0) is 14.8. The Balaban J connectivity index is 1.69. The minimum atomic E-state index is 0.0476. The molecule has 2 aromatic rings. The highest BCUT2D eigenvalue weighted by atomic mass is 35.5. The average Bonchev–Trinajstić information content (AvgIpc) is 2.93. The molecule has 2 N–H and O–H groups in total. The molecule has 1 aliphatic heterocycles. The van der Waals surface area contributed by atoms with E-state index in [1.54, 1.807) is 6.07 Å². The van der Waals surface area contributed by atoms with Crippen LogP contribution in [0.4, 0.5) is 0 Å². The third-order valence-corrected chi connectivity index (χ3v) is 3.72. The van der Waals surface area contributed by atoms with E-state index >= 15 is 0 Å². The first-order chi connectivity index (χ1) is 10.1. The molecule has 2 aromatic carbocycles. The van der Waals surface area contributed by atoms with Crippen LogP contribution >= 0.6 is 23.2 Å². The first-order valence-corrected chi connectivity index (χ1v) is 7.16. The van der Waals surface area contributed by atoms with Crippen molar-refractivity contribution >= 4 is 23.2 Å². The summed E-state index contributed by atoms with van der Waals surface area (Å²) in [5, 5.41) is 13.9. The number of halogens is 2. The molecule has 1 aliphatic rings. The van der Waals surface area contributed by atoms with Crippen molar-refractivity contribution in [1.82, 2.24) is 5.32 Å². The number of rotatable bonds is 4. The molecule has 110 valence electrons. The lowest BCUT2D eigenvalue weighted by Gasteiger charge is -2.10. The number of hydrogen-bond acceptors (Lipinski definition) is 4. The summed E-state index contributed by atoms with van der Waals surface area (Å²) in [5.74, 6) is 1.56. The minimum Gasteiger partial charge on any atom is -0.506 e. The van der Waals surface area contributed by atoms with Gasteiger partial charge in [-0.15, -0.1) is 0 Å². The molecule has 6 heteroatoms. The van der Waals surface area contributed by atoms with E-state index in [0.717, 1.165) is 17.1 Å². The Morgan fingerprint density at radius 1 is 1.10 bits per heavy atom. The second-order valence-corrected chi connectivity index (χ2v) is 5.49. The fourth-order valence-corrected chi connectivity index (χ4v) is 2.75. The molecule has 0 bridgehead atoms. The van der Waals surface area contributed by atoms with Crippen molar-refractivity contribution in [3.8, 4) is 17.2 Å². The van der Waals surface area contributed by atoms with Gasteiger partial charge in [0.1, 0.15) is 5.75 Å². The van der Waals surface area contributed by atoms with Gasteiger partial charge in [-0.3, -0.25) is 0 Å². The molecule has 0 atom stereocenters. The number of fused-ring (bicyclic) bond motifs is 1. The van der Waals surface area contributed by atoms with Crippen molar-refractivity contribution in [3.05, 3.63) is 51.5 Å². The lowest BCUT2D eigenvalue weighted by molar-refractivity contribution is 0.173. The van der Waals surface area contributed by atoms with Gasteiger partial charge in [-0.2, -0.15) is 0 Å². The first-order valence-electron chi connectivity index (χ1n) is 6.40. The number of para-hydroxylation sites is 1. The van der Waals surface area contributed by atoms with Gasteiger partial charge in [0, 0.05) is 29.2 Å². The zero-order valence-electron chi connectivity index (χ0n) is 11.0. The van der Waals surface area contributed by atoms with Crippen LogP contribution in [0.25, 0.3) is 0 Å². The number of benzene rings is 2. The van der Waals surface area contributed by atoms with Gasteiger partial charge in [0.25, 0.3) is 0 Å². The van der Waals surface area contributed by atoms with Crippen molar-refractivity contribution in [2.45, 2.75) is 13.1 Å². The van der Waals surface area contributed by atoms with E-state index in [2.05, 4.69) is 5.32 Å². The Morgan fingerprint density at radius 2 is 1.90 bits per heavy atom. The van der Waals surface area contributed by atoms with E-state index in [-0.39, 0.29) is 17.6 Å². The van der Waals surface area contributed by atoms with E-state index in [9.17, 15) is 5.11 Å². The number of phenols is 1. The summed E-state index contributed by atoms with van der Waals surface area (Å²) in [4.78, 5) is 0. The van der Waals surface area contributed by atoms with Gasteiger partial charge >= 0.3 is 0 Å². The van der Waals surface area contributed by atoms with E-state index in [4.69, 9.17) is 32.7 Å². The summed E-state index contributed by atoms with van der Waals surface area (Å²) in [6, 6.07) is 8.94. The molecule has 0 saturated carbocycles. The molecule has 1 heterocycles. The second kappa shape index (κ2) is 6.02. The quantitative estimate of drug-likeness (QED) is 0.899. The van der Waals surface area contributed by atoms with E-state index in [1.165, 1.54) is 6.07 Å². The summed E-state index contributed by atoms with van der Waals surface area (Å²) in [6.45, 7) is 1.27. The molecule has 0 aromatic heterocycles. The number of nitrogens with one attached hydrogen (secondary N) is 1. The van der Waals surface area contributed by atoms with Gasteiger partial charge in [0.05, 0.1) is 5.02 Å². The van der Waals surface area contributed by atoms with E-state index in [1.807, 2.05) is 18.2 Å². The first kappa shape index (κ1) is 14.3. The maximum Gasteiger partial charge on any atom is 0.231 e. The lowest BCUT2D eigenvalue weighted by atomic mass is 10.1. The average molecular weight is 326 g/mol. The molecule has 0 spiro atoms. The highest BCUT2D eigenvalue weighted by Gasteiger charge is 2.16. The predicted octanol–water partition coefficient (Wildman–Crippen LogP) is 3.72. The van der Waals surface area contributed by atoms with Gasteiger partial charge in [-0.05, 0) is 18.2 Å². The Labute approximate surface area is 132 Å². The molecule has 0 aliphatic carbocycles. The fourth-order valence-electron chi connectivity index (χ4n) is 2.22. The van der Waals surface area contributed by atoms with Crippen LogP contribution in [0, 0.1) is 0 Å². The monoisotopic (exact) mass is 325 g/mol. The maximum atomic E-state index is 9.90. The Kier molecular flexibility index (Phi) is 4.10. The molecule has 0 fully saturated rings. The highest BCUT2D eigenvalue weighted by molar-refractivity contribution is 6.35. The number of phenolic OH excluding ortho intramolecular Hbond substituents is 1. The van der Waals surface area contributed by atoms with E-state index < -0.39 is 0 Å². The summed E-state index contributed by atoms with van der Waals surface area (Å²) in [5.41, 5.74) is 1.65. The third-order valence-electron chi connectivity index (χ3n) is 3.22. The summed E-state index contributed by atoms with van der Waals surface area (Å²) in [6.07, 6.45) is 0. The third kappa shape index (κ3) is 3.02. The number of ether oxygens (including phenoxy) is 2. The van der Waals surface area contributed by atoms with Crippen LogP contribution in [-0.2, 0) is 13.1 Å². The molecular weight excluding hydrogens is 313 g/mol. The van der Waals surface area contributed by atoms with Crippen molar-refractivity contribution in [3.63, 3.8) is 0 Å². The predicted molar refractivity (Wildman–Crippen MR) is 81.2 cm³/mol. The van der Waals surface area contributed by atoms with Crippen LogP contribution in [0.5, 0.6) is 17.2 Å². The van der Waals surface area contributed by atoms with Crippen LogP contribution in [0.3, 0.4) is 0 Å². The second-order valence-electron chi connectivity index (χ2n) is 4.65. The molecule has 0 saturated heterocycles. The van der Waals surface area contributed by atoms with Gasteiger partial charge in [0.2, 0.25) is 6.79 Å². The molecule has 4 nitrogen and oxygen atoms in total. The van der Waals surface area contributed by atoms with Gasteiger partial charge in [-0.1, -0.05) is 35.3 Å². The zero-order valence-corrected chi connectivity index (χ0v) is 12.5. The minimum absolute atomic E-state index is 0.0476. The van der Waals surface area contributed by atoms with Crippen molar-refractivity contribution in [2.75, 3.05) is 6.79 Å². The number of aromatic hydroxyl groups is 1. The fraction of sp³-hybridized carbons (Fsp3) is 0.200. The van der Waals surface area contributed by atoms with Gasteiger partial charge in [0.15, 0.2) is 11.5 Å². The molecule has 0 unspecified atom stereocenters. The van der Waals surface area contributed by atoms with E-state index in [0.29, 0.717) is 23.7 Å². The SMILES string of the molecule is Oc1c(Cl)cc(Cl)cc1CNCc1cccc2c1OCO2. The normalized spacial score (nSPS) is 12.7. The molecule has 0 radical (unpaired) electrons. The van der Waals surface area contributed by atoms with Crippen molar-refractivity contribution in [1.29, 1.82) is 0 Å². The molecule has 3 rings (SSSR count). The highest BCUT2D eigenvalue weighted by Crippen LogP contribution is 2.35.